The maximum Gasteiger partial charge on any atom is 0.412 e. The van der Waals surface area contributed by atoms with Crippen molar-refractivity contribution in [2.75, 3.05) is 54.0 Å². The first-order chi connectivity index (χ1) is 49.5. The van der Waals surface area contributed by atoms with Gasteiger partial charge in [-0.2, -0.15) is 0 Å². The van der Waals surface area contributed by atoms with Crippen LogP contribution in [0.25, 0.3) is 102 Å². The van der Waals surface area contributed by atoms with Crippen molar-refractivity contribution in [1.29, 1.82) is 0 Å². The quantitative estimate of drug-likeness (QED) is 0.0383. The Morgan fingerprint density at radius 1 is 0.413 bits per heavy atom. The second-order valence-corrected chi connectivity index (χ2v) is 28.0. The molecular weight excluding hydrogens is 1330 g/mol. The van der Waals surface area contributed by atoms with Gasteiger partial charge in [-0.1, -0.05) is 30.3 Å². The van der Waals surface area contributed by atoms with Crippen LogP contribution in [0, 0.1) is 69.2 Å². The summed E-state index contributed by atoms with van der Waals surface area (Å²) in [6.45, 7) is 31.4. The maximum absolute atomic E-state index is 11.9. The van der Waals surface area contributed by atoms with E-state index in [-0.39, 0.29) is 28.7 Å². The van der Waals surface area contributed by atoms with E-state index in [1.54, 1.807) is 36.4 Å². The van der Waals surface area contributed by atoms with Crippen LogP contribution in [-0.2, 0) is 10.0 Å². The number of ether oxygens (including phenoxy) is 1. The molecule has 0 unspecified atom stereocenters. The number of H-pyrrole nitrogens is 3. The number of hydrogen-bond donors (Lipinski definition) is 10. The van der Waals surface area contributed by atoms with E-state index in [9.17, 15) is 38.7 Å². The molecule has 20 heteroatoms. The molecule has 0 saturated carbocycles. The van der Waals surface area contributed by atoms with E-state index < -0.39 is 16.1 Å². The highest BCUT2D eigenvalue weighted by molar-refractivity contribution is 7.92. The first-order valence-corrected chi connectivity index (χ1v) is 36.5. The van der Waals surface area contributed by atoms with E-state index in [4.69, 9.17) is 19.7 Å². The minimum absolute atomic E-state index is 0.175. The third kappa shape index (κ3) is 16.7. The number of phenolic OH excluding ortho intramolecular Hbond substituents is 5. The molecule has 3 heterocycles. The van der Waals surface area contributed by atoms with Crippen molar-refractivity contribution >= 4 is 33.2 Å². The number of anilines is 3. The maximum atomic E-state index is 11.9. The van der Waals surface area contributed by atoms with Crippen LogP contribution in [0.15, 0.2) is 158 Å². The topological polar surface area (TPSA) is 278 Å². The zero-order valence-electron chi connectivity index (χ0n) is 61.9. The van der Waals surface area contributed by atoms with E-state index in [0.29, 0.717) is 40.0 Å². The Kier molecular flexibility index (Phi) is 22.8. The predicted octanol–water partition coefficient (Wildman–Crippen LogP) is 18.6. The van der Waals surface area contributed by atoms with Gasteiger partial charge in [0.2, 0.25) is 10.0 Å². The first-order valence-electron chi connectivity index (χ1n) is 34.6. The van der Waals surface area contributed by atoms with Crippen molar-refractivity contribution in [2.45, 2.75) is 96.9 Å². The Labute approximate surface area is 609 Å². The van der Waals surface area contributed by atoms with Crippen LogP contribution in [0.5, 0.6) is 34.5 Å². The van der Waals surface area contributed by atoms with Crippen LogP contribution < -0.4 is 24.6 Å². The molecule has 0 bridgehead atoms. The first kappa shape index (κ1) is 74.9. The Morgan fingerprint density at radius 3 is 1.16 bits per heavy atom. The summed E-state index contributed by atoms with van der Waals surface area (Å²) in [6.07, 6.45) is 0.646. The van der Waals surface area contributed by atoms with E-state index in [2.05, 4.69) is 111 Å². The number of benzene rings is 9. The lowest BCUT2D eigenvalue weighted by molar-refractivity contribution is 0.202. The molecule has 0 spiro atoms. The highest BCUT2D eigenvalue weighted by Gasteiger charge is 2.24. The fraction of sp³-hybridized carbons (Fsp3) is 0.238. The molecule has 104 heavy (non-hydrogen) atoms. The Morgan fingerprint density at radius 2 is 0.750 bits per heavy atom. The number of rotatable bonds is 18. The molecule has 0 aliphatic rings. The van der Waals surface area contributed by atoms with E-state index in [1.165, 1.54) is 24.7 Å². The molecule has 12 aromatic rings. The molecule has 0 atom stereocenters. The summed E-state index contributed by atoms with van der Waals surface area (Å²) in [5.41, 5.74) is 23.9. The number of carbonyl (C=O) groups is 1. The summed E-state index contributed by atoms with van der Waals surface area (Å²) in [5.74, 6) is 3.55. The summed E-state index contributed by atoms with van der Waals surface area (Å²) in [7, 11) is -1.87. The zero-order valence-corrected chi connectivity index (χ0v) is 62.7. The fourth-order valence-electron chi connectivity index (χ4n) is 13.0. The second-order valence-electron chi connectivity index (χ2n) is 26.3. The van der Waals surface area contributed by atoms with Gasteiger partial charge in [0.1, 0.15) is 52.0 Å². The molecule has 19 nitrogen and oxygen atoms in total. The smallest absolute Gasteiger partial charge is 0.412 e. The number of nitrogens with one attached hydrogen (secondary N) is 5. The van der Waals surface area contributed by atoms with E-state index in [0.717, 1.165) is 155 Å². The van der Waals surface area contributed by atoms with E-state index >= 15 is 0 Å². The molecule has 0 fully saturated rings. The zero-order chi connectivity index (χ0) is 75.2. The number of aromatic hydroxyl groups is 5. The van der Waals surface area contributed by atoms with Crippen molar-refractivity contribution in [3.05, 3.63) is 213 Å². The molecule has 0 radical (unpaired) electrons. The molecule has 12 rings (SSSR count). The fourth-order valence-corrected chi connectivity index (χ4v) is 13.7. The van der Waals surface area contributed by atoms with Crippen LogP contribution in [0.3, 0.4) is 0 Å². The number of aromatic amines is 3. The van der Waals surface area contributed by atoms with Gasteiger partial charge < -0.3 is 60.3 Å². The highest BCUT2D eigenvalue weighted by atomic mass is 32.2. The number of aromatic nitrogens is 6. The minimum Gasteiger partial charge on any atom is -0.508 e. The van der Waals surface area contributed by atoms with Gasteiger partial charge in [-0.25, -0.2) is 28.2 Å². The van der Waals surface area contributed by atoms with E-state index in [1.807, 2.05) is 142 Å². The largest absolute Gasteiger partial charge is 0.508 e. The second kappa shape index (κ2) is 31.6. The molecular formula is C84H92N10O9S. The van der Waals surface area contributed by atoms with Gasteiger partial charge >= 0.3 is 6.09 Å². The Balaban J connectivity index is 0.000000169. The number of carbonyl (C=O) groups excluding carboxylic acids is 1. The predicted molar refractivity (Wildman–Crippen MR) is 421 cm³/mol. The van der Waals surface area contributed by atoms with Gasteiger partial charge in [0.05, 0.1) is 51.7 Å². The SMILES string of the molecule is CCN(CC)c1ccc(-c2nc(-c3cc(C)c(NS(C)(=O)=O)c(C)c3)[nH]c2-c2ccc(N(CC)CC)cc2)cc1.CNC(=O)Oc1c(C)cc(-c2nc(-c3ccc(O)cc3)c(-c3ccc(O)cc3)[nH]2)cc1C.Cc1cc(C)c(O)c(-c2nc(-c3cc(C)c(O)c(C)c3)c(-c3cc(C)c(O)c(C)c3)[nH]2)c1. The number of sulfonamides is 1. The average molecular weight is 1420 g/mol. The number of imidazole rings is 3. The highest BCUT2D eigenvalue weighted by Crippen LogP contribution is 2.43. The summed E-state index contributed by atoms with van der Waals surface area (Å²) in [4.78, 5) is 41.6. The number of amides is 1. The third-order valence-corrected chi connectivity index (χ3v) is 19.0. The number of hydrogen-bond acceptors (Lipinski definition) is 14. The van der Waals surface area contributed by atoms with Crippen molar-refractivity contribution in [1.82, 2.24) is 35.2 Å². The summed E-state index contributed by atoms with van der Waals surface area (Å²) in [6, 6.07) is 50.2. The number of nitrogens with zero attached hydrogens (tertiary/aromatic N) is 5. The summed E-state index contributed by atoms with van der Waals surface area (Å²) >= 11 is 0. The average Bonchev–Trinajstić information content (AvgIpc) is 1.63. The Hall–Kier alpha value is -11.8. The van der Waals surface area contributed by atoms with Gasteiger partial charge in [0.25, 0.3) is 0 Å². The molecule has 10 N–H and O–H groups in total. The minimum atomic E-state index is -3.38. The number of aryl methyl sites for hydroxylation is 10. The van der Waals surface area contributed by atoms with Crippen LogP contribution >= 0.6 is 0 Å². The van der Waals surface area contributed by atoms with Gasteiger partial charge in [0, 0.05) is 89.1 Å². The lowest BCUT2D eigenvalue weighted by Gasteiger charge is -2.21. The van der Waals surface area contributed by atoms with Crippen LogP contribution in [0.2, 0.25) is 0 Å². The van der Waals surface area contributed by atoms with Gasteiger partial charge in [0.15, 0.2) is 0 Å². The number of phenols is 5. The third-order valence-electron chi connectivity index (χ3n) is 18.4. The molecule has 538 valence electrons. The van der Waals surface area contributed by atoms with Crippen LogP contribution in [0.1, 0.15) is 83.3 Å². The summed E-state index contributed by atoms with van der Waals surface area (Å²) < 4.78 is 31.8. The molecule has 0 saturated heterocycles. The normalized spacial score (nSPS) is 11.2. The van der Waals surface area contributed by atoms with Crippen LogP contribution in [-0.4, -0.2) is 109 Å². The van der Waals surface area contributed by atoms with Gasteiger partial charge in [-0.15, -0.1) is 0 Å². The Bertz CT molecular complexity index is 4920. The molecule has 9 aromatic carbocycles. The van der Waals surface area contributed by atoms with Gasteiger partial charge in [-0.05, 0) is 280 Å². The van der Waals surface area contributed by atoms with Crippen molar-refractivity contribution in [3.8, 4) is 136 Å². The van der Waals surface area contributed by atoms with Crippen molar-refractivity contribution in [2.24, 2.45) is 0 Å². The van der Waals surface area contributed by atoms with Gasteiger partial charge in [-0.3, -0.25) is 4.72 Å². The lowest BCUT2D eigenvalue weighted by Crippen LogP contribution is -2.22. The summed E-state index contributed by atoms with van der Waals surface area (Å²) in [5, 5.41) is 53.1. The lowest BCUT2D eigenvalue weighted by atomic mass is 9.98. The standard InChI is InChI=1S/C32H41N5O2S.C27H28N2O3.C25H23N3O4/c1-8-36(9-2)27-16-12-24(13-17-27)30-31(25-14-18-28(19-15-25)37(10-3)11-4)34-32(33-30)26-20-22(5)29(23(6)21-26)35-40(7,38)39;1-13-7-14(2)26(32)21(8-13)27-28-22(19-9-15(3)24(30)16(4)10-19)23(29-27)20-11-17(5)25(31)18(6)12-20;1-14-12-18(13-15(2)23(14)32-25(31)26-3)24-27-21(16-4-8-19(29)9-5-16)22(28-24)17-6-10-20(30)11-7-17/h12-21,35H,8-11H2,1-7H3,(H,33,34);7-12,30-32H,1-6H3,(H,28,29);4-13,29-30H,1-3H3,(H,26,31)(H,27,28). The van der Waals surface area contributed by atoms with Crippen molar-refractivity contribution < 1.29 is 43.5 Å². The van der Waals surface area contributed by atoms with Crippen molar-refractivity contribution in [3.63, 3.8) is 0 Å². The molecule has 1 amide bonds. The molecule has 0 aliphatic heterocycles. The monoisotopic (exact) mass is 1420 g/mol. The molecule has 3 aromatic heterocycles. The molecule has 0 aliphatic carbocycles. The van der Waals surface area contributed by atoms with Crippen LogP contribution in [0.4, 0.5) is 21.9 Å².